The van der Waals surface area contributed by atoms with Crippen molar-refractivity contribution < 1.29 is 14.4 Å². The third-order valence-electron chi connectivity index (χ3n) is 3.27. The Hall–Kier alpha value is -2.48. The second kappa shape index (κ2) is 6.52. The van der Waals surface area contributed by atoms with E-state index >= 15 is 0 Å². The minimum Gasteiger partial charge on any atom is -0.370 e. The van der Waals surface area contributed by atoms with Gasteiger partial charge in [-0.25, -0.2) is 5.01 Å². The molecule has 0 aliphatic carbocycles. The zero-order chi connectivity index (χ0) is 16.3. The van der Waals surface area contributed by atoms with Crippen LogP contribution in [0, 0.1) is 0 Å². The number of hydrogen-bond acceptors (Lipinski definition) is 4. The predicted molar refractivity (Wildman–Crippen MR) is 83.3 cm³/mol. The molecule has 1 atom stereocenters. The fourth-order valence-corrected chi connectivity index (χ4v) is 2.59. The lowest BCUT2D eigenvalue weighted by atomic mass is 10.2. The molecule has 7 nitrogen and oxygen atoms in total. The van der Waals surface area contributed by atoms with Crippen molar-refractivity contribution in [3.05, 3.63) is 35.9 Å². The van der Waals surface area contributed by atoms with Crippen LogP contribution in [0.2, 0.25) is 0 Å². The largest absolute Gasteiger partial charge is 0.370 e. The van der Waals surface area contributed by atoms with Crippen molar-refractivity contribution >= 4 is 35.1 Å². The maximum atomic E-state index is 12.2. The van der Waals surface area contributed by atoms with Crippen LogP contribution in [0.5, 0.6) is 0 Å². The highest BCUT2D eigenvalue weighted by atomic mass is 32.1. The van der Waals surface area contributed by atoms with Gasteiger partial charge in [-0.15, -0.1) is 0 Å². The van der Waals surface area contributed by atoms with Crippen LogP contribution in [0.1, 0.15) is 23.7 Å². The van der Waals surface area contributed by atoms with Crippen LogP contribution in [-0.4, -0.2) is 45.3 Å². The minimum atomic E-state index is -0.905. The first-order chi connectivity index (χ1) is 10.5. The second-order valence-corrected chi connectivity index (χ2v) is 5.09. The number of nitrogens with two attached hydrogens (primary N) is 1. The molecular weight excluding hydrogens is 304 g/mol. The molecule has 1 heterocycles. The third kappa shape index (κ3) is 3.06. The summed E-state index contributed by atoms with van der Waals surface area (Å²) in [6, 6.07) is 7.60. The van der Waals surface area contributed by atoms with Gasteiger partial charge in [0, 0.05) is 12.1 Å². The van der Waals surface area contributed by atoms with Gasteiger partial charge in [0.05, 0.1) is 6.42 Å². The first-order valence-corrected chi connectivity index (χ1v) is 7.15. The van der Waals surface area contributed by atoms with Gasteiger partial charge in [-0.3, -0.25) is 24.7 Å². The molecule has 0 radical (unpaired) electrons. The summed E-state index contributed by atoms with van der Waals surface area (Å²) in [7, 11) is 0. The first kappa shape index (κ1) is 15.9. The Morgan fingerprint density at radius 1 is 1.32 bits per heavy atom. The standard InChI is InChI=1S/C14H16N4O3S/c1-2-17-13(21)10(8-11(15)19)18(14(17)22)16-12(20)9-6-4-3-5-7-9/h3-7,10H,2,8H2,1H3,(H2,15,19)(H,16,20). The number of nitrogens with zero attached hydrogens (tertiary/aromatic N) is 2. The van der Waals surface area contributed by atoms with Gasteiger partial charge in [-0.05, 0) is 31.3 Å². The number of amides is 3. The molecule has 2 rings (SSSR count). The monoisotopic (exact) mass is 320 g/mol. The fraction of sp³-hybridized carbons (Fsp3) is 0.286. The number of rotatable bonds is 5. The van der Waals surface area contributed by atoms with Gasteiger partial charge in [0.2, 0.25) is 5.91 Å². The van der Waals surface area contributed by atoms with E-state index in [2.05, 4.69) is 5.43 Å². The number of thiocarbonyl (C=S) groups is 1. The van der Waals surface area contributed by atoms with Gasteiger partial charge < -0.3 is 5.73 Å². The molecule has 116 valence electrons. The minimum absolute atomic E-state index is 0.156. The molecule has 1 unspecified atom stereocenters. The lowest BCUT2D eigenvalue weighted by Crippen LogP contribution is -2.49. The molecule has 0 aromatic heterocycles. The van der Waals surface area contributed by atoms with Crippen LogP contribution in [0.15, 0.2) is 30.3 Å². The quantitative estimate of drug-likeness (QED) is 0.746. The van der Waals surface area contributed by atoms with Crippen molar-refractivity contribution in [2.45, 2.75) is 19.4 Å². The smallest absolute Gasteiger partial charge is 0.269 e. The molecule has 8 heteroatoms. The number of primary amides is 1. The van der Waals surface area contributed by atoms with Crippen molar-refractivity contribution in [1.82, 2.24) is 15.3 Å². The molecule has 1 fully saturated rings. The van der Waals surface area contributed by atoms with Crippen LogP contribution in [0.4, 0.5) is 0 Å². The summed E-state index contributed by atoms with van der Waals surface area (Å²) in [5.41, 5.74) is 8.18. The van der Waals surface area contributed by atoms with Crippen LogP contribution in [0.25, 0.3) is 0 Å². The second-order valence-electron chi connectivity index (χ2n) is 4.73. The highest BCUT2D eigenvalue weighted by Crippen LogP contribution is 2.18. The Kier molecular flexibility index (Phi) is 4.71. The van der Waals surface area contributed by atoms with Crippen molar-refractivity contribution in [2.24, 2.45) is 5.73 Å². The topological polar surface area (TPSA) is 95.7 Å². The number of nitrogens with one attached hydrogen (secondary N) is 1. The Balaban J connectivity index is 2.22. The van der Waals surface area contributed by atoms with E-state index in [1.807, 2.05) is 0 Å². The van der Waals surface area contributed by atoms with E-state index in [0.717, 1.165) is 0 Å². The molecular formula is C14H16N4O3S. The van der Waals surface area contributed by atoms with E-state index in [1.165, 1.54) is 9.91 Å². The number of likely N-dealkylation sites (N-methyl/N-ethyl adjacent to an activating group) is 1. The van der Waals surface area contributed by atoms with E-state index in [4.69, 9.17) is 18.0 Å². The van der Waals surface area contributed by atoms with E-state index in [1.54, 1.807) is 37.3 Å². The average molecular weight is 320 g/mol. The van der Waals surface area contributed by atoms with Gasteiger partial charge in [0.1, 0.15) is 6.04 Å². The van der Waals surface area contributed by atoms with Gasteiger partial charge in [-0.1, -0.05) is 18.2 Å². The Labute approximate surface area is 133 Å². The number of benzene rings is 1. The van der Waals surface area contributed by atoms with Crippen molar-refractivity contribution in [1.29, 1.82) is 0 Å². The van der Waals surface area contributed by atoms with Gasteiger partial charge in [-0.2, -0.15) is 0 Å². The number of carbonyl (C=O) groups is 3. The van der Waals surface area contributed by atoms with Crippen LogP contribution in [-0.2, 0) is 9.59 Å². The van der Waals surface area contributed by atoms with E-state index in [-0.39, 0.29) is 17.4 Å². The summed E-state index contributed by atoms with van der Waals surface area (Å²) in [6.45, 7) is 2.11. The summed E-state index contributed by atoms with van der Waals surface area (Å²) < 4.78 is 0. The van der Waals surface area contributed by atoms with E-state index in [9.17, 15) is 14.4 Å². The molecule has 22 heavy (non-hydrogen) atoms. The van der Waals surface area contributed by atoms with Gasteiger partial charge in [0.15, 0.2) is 5.11 Å². The molecule has 3 amide bonds. The molecule has 0 bridgehead atoms. The molecule has 1 aromatic rings. The number of hydrazine groups is 1. The molecule has 1 aliphatic heterocycles. The lowest BCUT2D eigenvalue weighted by molar-refractivity contribution is -0.131. The first-order valence-electron chi connectivity index (χ1n) is 6.74. The highest BCUT2D eigenvalue weighted by Gasteiger charge is 2.43. The van der Waals surface area contributed by atoms with Crippen molar-refractivity contribution in [3.8, 4) is 0 Å². The Morgan fingerprint density at radius 2 is 1.95 bits per heavy atom. The lowest BCUT2D eigenvalue weighted by Gasteiger charge is -2.23. The summed E-state index contributed by atoms with van der Waals surface area (Å²) >= 11 is 5.20. The molecule has 1 saturated heterocycles. The SMILES string of the molecule is CCN1C(=O)C(CC(N)=O)N(NC(=O)c2ccccc2)C1=S. The van der Waals surface area contributed by atoms with Crippen LogP contribution < -0.4 is 11.2 Å². The molecule has 1 aromatic carbocycles. The Bertz CT molecular complexity index is 620. The molecule has 0 spiro atoms. The molecule has 1 aliphatic rings. The van der Waals surface area contributed by atoms with Gasteiger partial charge >= 0.3 is 0 Å². The zero-order valence-corrected chi connectivity index (χ0v) is 12.8. The summed E-state index contributed by atoms with van der Waals surface area (Å²) in [5.74, 6) is -1.40. The van der Waals surface area contributed by atoms with Crippen LogP contribution >= 0.6 is 12.2 Å². The summed E-state index contributed by atoms with van der Waals surface area (Å²) in [4.78, 5) is 37.0. The maximum absolute atomic E-state index is 12.2. The highest BCUT2D eigenvalue weighted by molar-refractivity contribution is 7.80. The molecule has 0 saturated carbocycles. The Morgan fingerprint density at radius 3 is 2.50 bits per heavy atom. The van der Waals surface area contributed by atoms with Gasteiger partial charge in [0.25, 0.3) is 11.8 Å². The average Bonchev–Trinajstić information content (AvgIpc) is 2.71. The van der Waals surface area contributed by atoms with Crippen molar-refractivity contribution in [2.75, 3.05) is 6.54 Å². The molecule has 3 N–H and O–H groups in total. The summed E-state index contributed by atoms with van der Waals surface area (Å²) in [5, 5.41) is 1.39. The summed E-state index contributed by atoms with van der Waals surface area (Å²) in [6.07, 6.45) is -0.218. The van der Waals surface area contributed by atoms with Crippen molar-refractivity contribution in [3.63, 3.8) is 0 Å². The van der Waals surface area contributed by atoms with E-state index in [0.29, 0.717) is 12.1 Å². The predicted octanol–water partition coefficient (Wildman–Crippen LogP) is 0.0244. The number of carbonyl (C=O) groups excluding carboxylic acids is 3. The van der Waals surface area contributed by atoms with E-state index < -0.39 is 17.9 Å². The zero-order valence-electron chi connectivity index (χ0n) is 12.0. The third-order valence-corrected chi connectivity index (χ3v) is 3.69. The number of hydrogen-bond donors (Lipinski definition) is 2. The fourth-order valence-electron chi connectivity index (χ4n) is 2.20. The van der Waals surface area contributed by atoms with Crippen LogP contribution in [0.3, 0.4) is 0 Å². The normalized spacial score (nSPS) is 17.8. The maximum Gasteiger partial charge on any atom is 0.269 e.